The normalized spacial score (nSPS) is 9.14. The van der Waals surface area contributed by atoms with E-state index in [-0.39, 0.29) is 5.11 Å². The Morgan fingerprint density at radius 1 is 1.86 bits per heavy atom. The molecule has 0 spiro atoms. The highest BCUT2D eigenvalue weighted by atomic mass is 32.1. The first-order valence-corrected chi connectivity index (χ1v) is 1.95. The van der Waals surface area contributed by atoms with E-state index >= 15 is 0 Å². The Bertz CT molecular complexity index is 110. The molecule has 0 aliphatic carbocycles. The van der Waals surface area contributed by atoms with Crippen molar-refractivity contribution < 1.29 is 4.79 Å². The summed E-state index contributed by atoms with van der Waals surface area (Å²) in [6, 6.07) is 0. The van der Waals surface area contributed by atoms with Crippen molar-refractivity contribution in [3.63, 3.8) is 0 Å². The smallest absolute Gasteiger partial charge is 0.190 e. The lowest BCUT2D eigenvalue weighted by molar-refractivity contribution is -0.102. The van der Waals surface area contributed by atoms with Gasteiger partial charge in [0, 0.05) is 0 Å². The van der Waals surface area contributed by atoms with Crippen LogP contribution in [0, 0.1) is 0 Å². The summed E-state index contributed by atoms with van der Waals surface area (Å²) in [5.41, 5.74) is 4.85. The van der Waals surface area contributed by atoms with Crippen LogP contribution in [0.5, 0.6) is 0 Å². The predicted octanol–water partition coefficient (Wildman–Crippen LogP) is -0.500. The molecule has 0 aromatic rings. The highest BCUT2D eigenvalue weighted by Gasteiger charge is 1.70. The topological polar surface area (TPSA) is 55.4 Å². The SMILES string of the molecule is NC(=S)N=CC=O. The standard InChI is InChI=1S/C3H4N2OS/c4-3(7)5-1-2-6/h1-2H,(H2,4,7). The number of aliphatic imine (C=N–C) groups is 1. The fourth-order valence-electron chi connectivity index (χ4n) is 0.104. The molecule has 0 aromatic carbocycles. The maximum absolute atomic E-state index is 9.44. The first-order valence-electron chi connectivity index (χ1n) is 1.54. The van der Waals surface area contributed by atoms with Crippen LogP contribution in [-0.2, 0) is 4.79 Å². The van der Waals surface area contributed by atoms with Crippen LogP contribution in [0.25, 0.3) is 0 Å². The van der Waals surface area contributed by atoms with Gasteiger partial charge >= 0.3 is 0 Å². The quantitative estimate of drug-likeness (QED) is 0.285. The molecule has 0 aliphatic rings. The Morgan fingerprint density at radius 2 is 2.43 bits per heavy atom. The van der Waals surface area contributed by atoms with Crippen molar-refractivity contribution in [2.75, 3.05) is 0 Å². The average Bonchev–Trinajstić information content (AvgIpc) is 1.61. The van der Waals surface area contributed by atoms with Gasteiger partial charge in [-0.1, -0.05) is 0 Å². The van der Waals surface area contributed by atoms with Crippen molar-refractivity contribution in [3.8, 4) is 0 Å². The van der Waals surface area contributed by atoms with E-state index < -0.39 is 0 Å². The zero-order chi connectivity index (χ0) is 5.70. The Labute approximate surface area is 46.2 Å². The maximum atomic E-state index is 9.44. The van der Waals surface area contributed by atoms with E-state index in [1.54, 1.807) is 0 Å². The van der Waals surface area contributed by atoms with Crippen molar-refractivity contribution in [1.29, 1.82) is 0 Å². The summed E-state index contributed by atoms with van der Waals surface area (Å²) in [7, 11) is 0. The van der Waals surface area contributed by atoms with Gasteiger partial charge in [0.15, 0.2) is 11.4 Å². The van der Waals surface area contributed by atoms with E-state index in [1.807, 2.05) is 0 Å². The molecule has 0 saturated carbocycles. The van der Waals surface area contributed by atoms with Crippen molar-refractivity contribution in [3.05, 3.63) is 0 Å². The average molecular weight is 116 g/mol. The zero-order valence-electron chi connectivity index (χ0n) is 3.50. The molecule has 0 amide bonds. The van der Waals surface area contributed by atoms with Gasteiger partial charge in [-0.25, -0.2) is 4.99 Å². The number of carbonyl (C=O) groups is 1. The van der Waals surface area contributed by atoms with Gasteiger partial charge < -0.3 is 5.73 Å². The van der Waals surface area contributed by atoms with Crippen LogP contribution in [0.15, 0.2) is 4.99 Å². The molecular weight excluding hydrogens is 112 g/mol. The predicted molar refractivity (Wildman–Crippen MR) is 31.3 cm³/mol. The van der Waals surface area contributed by atoms with E-state index in [1.165, 1.54) is 0 Å². The molecule has 0 rings (SSSR count). The van der Waals surface area contributed by atoms with Crippen LogP contribution in [0.3, 0.4) is 0 Å². The van der Waals surface area contributed by atoms with E-state index in [2.05, 4.69) is 17.2 Å². The van der Waals surface area contributed by atoms with E-state index in [0.29, 0.717) is 6.29 Å². The largest absolute Gasteiger partial charge is 0.374 e. The van der Waals surface area contributed by atoms with Crippen LogP contribution in [0.1, 0.15) is 0 Å². The Hall–Kier alpha value is -0.770. The molecule has 0 bridgehead atoms. The molecule has 0 aromatic heterocycles. The number of hydrogen-bond acceptors (Lipinski definition) is 2. The highest BCUT2D eigenvalue weighted by molar-refractivity contribution is 7.80. The molecule has 0 fully saturated rings. The molecule has 7 heavy (non-hydrogen) atoms. The van der Waals surface area contributed by atoms with Crippen molar-refractivity contribution in [2.24, 2.45) is 10.7 Å². The third kappa shape index (κ3) is 5.23. The van der Waals surface area contributed by atoms with Gasteiger partial charge in [0.25, 0.3) is 0 Å². The van der Waals surface area contributed by atoms with Crippen LogP contribution in [0.4, 0.5) is 0 Å². The second-order valence-electron chi connectivity index (χ2n) is 0.752. The molecule has 0 heterocycles. The molecule has 0 unspecified atom stereocenters. The number of nitrogens with zero attached hydrogens (tertiary/aromatic N) is 1. The van der Waals surface area contributed by atoms with Crippen LogP contribution in [0.2, 0.25) is 0 Å². The number of thiocarbonyl (C=S) groups is 1. The van der Waals surface area contributed by atoms with Crippen molar-refractivity contribution in [1.82, 2.24) is 0 Å². The van der Waals surface area contributed by atoms with Gasteiger partial charge in [0.1, 0.15) is 0 Å². The van der Waals surface area contributed by atoms with E-state index in [0.717, 1.165) is 6.21 Å². The monoisotopic (exact) mass is 116 g/mol. The minimum absolute atomic E-state index is 0.0212. The number of hydrogen-bond donors (Lipinski definition) is 1. The lowest BCUT2D eigenvalue weighted by Crippen LogP contribution is -2.03. The molecule has 0 atom stereocenters. The van der Waals surface area contributed by atoms with Gasteiger partial charge in [0.2, 0.25) is 0 Å². The number of rotatable bonds is 1. The first-order chi connectivity index (χ1) is 3.27. The lowest BCUT2D eigenvalue weighted by atomic mass is 10.8. The van der Waals surface area contributed by atoms with E-state index in [4.69, 9.17) is 5.73 Å². The lowest BCUT2D eigenvalue weighted by Gasteiger charge is -1.74. The fourth-order valence-corrected chi connectivity index (χ4v) is 0.165. The fraction of sp³-hybridized carbons (Fsp3) is 0. The van der Waals surface area contributed by atoms with Gasteiger partial charge in [-0.3, -0.25) is 4.79 Å². The number of nitrogens with two attached hydrogens (primary N) is 1. The van der Waals surface area contributed by atoms with Crippen molar-refractivity contribution in [2.45, 2.75) is 0 Å². The summed E-state index contributed by atoms with van der Waals surface area (Å²) in [6.07, 6.45) is 1.52. The molecule has 0 saturated heterocycles. The molecule has 4 heteroatoms. The van der Waals surface area contributed by atoms with Crippen LogP contribution in [-0.4, -0.2) is 17.6 Å². The van der Waals surface area contributed by atoms with Gasteiger partial charge in [-0.05, 0) is 12.2 Å². The molecule has 0 radical (unpaired) electrons. The number of carbonyl (C=O) groups excluding carboxylic acids is 1. The molecule has 3 nitrogen and oxygen atoms in total. The maximum Gasteiger partial charge on any atom is 0.190 e. The summed E-state index contributed by atoms with van der Waals surface area (Å²) in [5, 5.41) is -0.0212. The van der Waals surface area contributed by atoms with Gasteiger partial charge in [0.05, 0.1) is 6.21 Å². The Balaban J connectivity index is 3.46. The zero-order valence-corrected chi connectivity index (χ0v) is 4.31. The molecule has 2 N–H and O–H groups in total. The minimum atomic E-state index is -0.0212. The summed E-state index contributed by atoms with van der Waals surface area (Å²) in [5.74, 6) is 0. The number of aldehydes is 1. The molecule has 38 valence electrons. The second-order valence-corrected chi connectivity index (χ2v) is 1.17. The summed E-state index contributed by atoms with van der Waals surface area (Å²) in [6.45, 7) is 0. The van der Waals surface area contributed by atoms with Gasteiger partial charge in [-0.2, -0.15) is 0 Å². The first kappa shape index (κ1) is 6.23. The third-order valence-electron chi connectivity index (χ3n) is 0.263. The van der Waals surface area contributed by atoms with E-state index in [9.17, 15) is 4.79 Å². The van der Waals surface area contributed by atoms with Crippen LogP contribution < -0.4 is 5.73 Å². The summed E-state index contributed by atoms with van der Waals surface area (Å²) >= 11 is 4.28. The molecular formula is C3H4N2OS. The second kappa shape index (κ2) is 3.42. The summed E-state index contributed by atoms with van der Waals surface area (Å²) in [4.78, 5) is 12.7. The molecule has 0 aliphatic heterocycles. The Kier molecular flexibility index (Phi) is 3.04. The van der Waals surface area contributed by atoms with Crippen molar-refractivity contribution >= 4 is 29.8 Å². The third-order valence-corrected chi connectivity index (χ3v) is 0.368. The van der Waals surface area contributed by atoms with Crippen LogP contribution >= 0.6 is 12.2 Å². The summed E-state index contributed by atoms with van der Waals surface area (Å²) < 4.78 is 0. The minimum Gasteiger partial charge on any atom is -0.374 e. The Morgan fingerprint density at radius 3 is 2.57 bits per heavy atom. The van der Waals surface area contributed by atoms with Gasteiger partial charge in [-0.15, -0.1) is 0 Å². The highest BCUT2D eigenvalue weighted by Crippen LogP contribution is 1.61.